The monoisotopic (exact) mass is 442 g/mol. The first-order chi connectivity index (χ1) is 16.1. The fraction of sp³-hybridized carbons (Fsp3) is 0.154. The zero-order valence-corrected chi connectivity index (χ0v) is 18.2. The Bertz CT molecular complexity index is 1400. The normalized spacial score (nSPS) is 13.7. The zero-order chi connectivity index (χ0) is 22.9. The van der Waals surface area contributed by atoms with Crippen molar-refractivity contribution in [3.05, 3.63) is 89.3 Å². The standard InChI is InChI=1S/C26H22N2O5/c1-31-22-9-10-23(32-2)25-24(22)27-15-28(25)12-11-19-18-6-4-3-5-17(18)14-33-21-8-7-16(26(29)30)13-20(19)21/h3-11,13,15H,12,14H2,1-2H3,(H,29,30)/b19-11-. The predicted molar refractivity (Wildman–Crippen MR) is 124 cm³/mol. The molecule has 0 saturated carbocycles. The first-order valence-corrected chi connectivity index (χ1v) is 10.5. The lowest BCUT2D eigenvalue weighted by Crippen LogP contribution is -2.01. The number of carboxylic acid groups (broad SMARTS) is 1. The molecule has 5 rings (SSSR count). The molecule has 4 aromatic rings. The quantitative estimate of drug-likeness (QED) is 0.479. The van der Waals surface area contributed by atoms with E-state index in [9.17, 15) is 9.90 Å². The van der Waals surface area contributed by atoms with E-state index in [2.05, 4.69) is 11.1 Å². The third kappa shape index (κ3) is 3.57. The van der Waals surface area contributed by atoms with Crippen LogP contribution in [0.2, 0.25) is 0 Å². The molecule has 0 atom stereocenters. The maximum atomic E-state index is 11.6. The van der Waals surface area contributed by atoms with E-state index >= 15 is 0 Å². The maximum Gasteiger partial charge on any atom is 0.335 e. The molecule has 0 spiro atoms. The highest BCUT2D eigenvalue weighted by Crippen LogP contribution is 2.38. The van der Waals surface area contributed by atoms with Gasteiger partial charge in [-0.25, -0.2) is 9.78 Å². The van der Waals surface area contributed by atoms with Crippen molar-refractivity contribution in [2.24, 2.45) is 0 Å². The molecule has 0 radical (unpaired) electrons. The summed E-state index contributed by atoms with van der Waals surface area (Å²) in [7, 11) is 3.24. The van der Waals surface area contributed by atoms with Gasteiger partial charge < -0.3 is 23.9 Å². The van der Waals surface area contributed by atoms with Gasteiger partial charge in [-0.3, -0.25) is 0 Å². The highest BCUT2D eigenvalue weighted by Gasteiger charge is 2.21. The maximum absolute atomic E-state index is 11.6. The van der Waals surface area contributed by atoms with Crippen LogP contribution in [0.25, 0.3) is 16.6 Å². The summed E-state index contributed by atoms with van der Waals surface area (Å²) >= 11 is 0. The van der Waals surface area contributed by atoms with Crippen LogP contribution >= 0.6 is 0 Å². The Morgan fingerprint density at radius 3 is 2.67 bits per heavy atom. The van der Waals surface area contributed by atoms with E-state index in [1.807, 2.05) is 41.0 Å². The Labute approximate surface area is 190 Å². The lowest BCUT2D eigenvalue weighted by atomic mass is 9.93. The highest BCUT2D eigenvalue weighted by atomic mass is 16.5. The van der Waals surface area contributed by atoms with E-state index in [1.54, 1.807) is 38.7 Å². The van der Waals surface area contributed by atoms with Crippen LogP contribution in [-0.2, 0) is 13.2 Å². The van der Waals surface area contributed by atoms with Gasteiger partial charge in [0.2, 0.25) is 0 Å². The van der Waals surface area contributed by atoms with E-state index in [4.69, 9.17) is 14.2 Å². The molecule has 3 aromatic carbocycles. The van der Waals surface area contributed by atoms with Crippen molar-refractivity contribution in [3.8, 4) is 17.2 Å². The fourth-order valence-corrected chi connectivity index (χ4v) is 4.22. The first-order valence-electron chi connectivity index (χ1n) is 10.5. The highest BCUT2D eigenvalue weighted by molar-refractivity contribution is 5.92. The van der Waals surface area contributed by atoms with Crippen LogP contribution in [0.5, 0.6) is 17.2 Å². The topological polar surface area (TPSA) is 82.8 Å². The number of carboxylic acids is 1. The number of fused-ring (bicyclic) bond motifs is 3. The van der Waals surface area contributed by atoms with Crippen LogP contribution in [-0.4, -0.2) is 34.8 Å². The minimum absolute atomic E-state index is 0.210. The molecule has 0 unspecified atom stereocenters. The summed E-state index contributed by atoms with van der Waals surface area (Å²) in [5.74, 6) is 1.03. The number of methoxy groups -OCH3 is 2. The molecule has 0 aliphatic carbocycles. The molecule has 2 heterocycles. The number of allylic oxidation sites excluding steroid dienone is 1. The van der Waals surface area contributed by atoms with E-state index < -0.39 is 5.97 Å². The smallest absolute Gasteiger partial charge is 0.335 e. The minimum Gasteiger partial charge on any atom is -0.494 e. The van der Waals surface area contributed by atoms with E-state index in [0.29, 0.717) is 35.9 Å². The van der Waals surface area contributed by atoms with Gasteiger partial charge in [-0.15, -0.1) is 0 Å². The van der Waals surface area contributed by atoms with Crippen LogP contribution < -0.4 is 14.2 Å². The Morgan fingerprint density at radius 1 is 1.09 bits per heavy atom. The molecule has 0 saturated heterocycles. The Morgan fingerprint density at radius 2 is 1.88 bits per heavy atom. The summed E-state index contributed by atoms with van der Waals surface area (Å²) in [4.78, 5) is 16.2. The van der Waals surface area contributed by atoms with Crippen molar-refractivity contribution in [1.82, 2.24) is 9.55 Å². The van der Waals surface area contributed by atoms with Crippen LogP contribution in [0.15, 0.2) is 67.0 Å². The van der Waals surface area contributed by atoms with Crippen molar-refractivity contribution in [2.75, 3.05) is 14.2 Å². The number of ether oxygens (including phenoxy) is 3. The third-order valence-electron chi connectivity index (χ3n) is 5.83. The minimum atomic E-state index is -0.980. The van der Waals surface area contributed by atoms with E-state index in [-0.39, 0.29) is 5.56 Å². The summed E-state index contributed by atoms with van der Waals surface area (Å²) in [6.45, 7) is 0.895. The van der Waals surface area contributed by atoms with Crippen molar-refractivity contribution in [1.29, 1.82) is 0 Å². The second-order valence-corrected chi connectivity index (χ2v) is 7.64. The van der Waals surface area contributed by atoms with Gasteiger partial charge in [-0.2, -0.15) is 0 Å². The number of hydrogen-bond donors (Lipinski definition) is 1. The van der Waals surface area contributed by atoms with Crippen LogP contribution in [0.3, 0.4) is 0 Å². The van der Waals surface area contributed by atoms with Crippen molar-refractivity contribution in [3.63, 3.8) is 0 Å². The lowest BCUT2D eigenvalue weighted by molar-refractivity contribution is 0.0697. The van der Waals surface area contributed by atoms with Crippen LogP contribution in [0.1, 0.15) is 27.0 Å². The summed E-state index contributed by atoms with van der Waals surface area (Å²) in [6, 6.07) is 16.6. The molecule has 1 aliphatic heterocycles. The average molecular weight is 442 g/mol. The number of aromatic carboxylic acids is 1. The second kappa shape index (κ2) is 8.35. The molecule has 0 bridgehead atoms. The van der Waals surface area contributed by atoms with Gasteiger partial charge in [0.15, 0.2) is 0 Å². The summed E-state index contributed by atoms with van der Waals surface area (Å²) in [6.07, 6.45) is 3.82. The second-order valence-electron chi connectivity index (χ2n) is 7.64. The first kappa shape index (κ1) is 20.6. The van der Waals surface area contributed by atoms with Crippen LogP contribution in [0.4, 0.5) is 0 Å². The van der Waals surface area contributed by atoms with Gasteiger partial charge >= 0.3 is 5.97 Å². The lowest BCUT2D eigenvalue weighted by Gasteiger charge is -2.13. The fourth-order valence-electron chi connectivity index (χ4n) is 4.22. The van der Waals surface area contributed by atoms with E-state index in [0.717, 1.165) is 27.8 Å². The Balaban J connectivity index is 1.67. The number of benzene rings is 3. The molecule has 1 aliphatic rings. The van der Waals surface area contributed by atoms with Gasteiger partial charge in [0.05, 0.1) is 26.1 Å². The molecule has 7 nitrogen and oxygen atoms in total. The zero-order valence-electron chi connectivity index (χ0n) is 18.2. The number of aromatic nitrogens is 2. The predicted octanol–water partition coefficient (Wildman–Crippen LogP) is 4.78. The summed E-state index contributed by atoms with van der Waals surface area (Å²) in [5.41, 5.74) is 5.44. The van der Waals surface area contributed by atoms with Gasteiger partial charge in [0.25, 0.3) is 0 Å². The summed E-state index contributed by atoms with van der Waals surface area (Å²) in [5, 5.41) is 9.55. The summed E-state index contributed by atoms with van der Waals surface area (Å²) < 4.78 is 19.0. The molecule has 7 heteroatoms. The van der Waals surface area contributed by atoms with Gasteiger partial charge in [-0.1, -0.05) is 30.3 Å². The molecular formula is C26H22N2O5. The molecule has 1 aromatic heterocycles. The molecule has 166 valence electrons. The van der Waals surface area contributed by atoms with Gasteiger partial charge in [0.1, 0.15) is 34.9 Å². The largest absolute Gasteiger partial charge is 0.494 e. The van der Waals surface area contributed by atoms with Crippen LogP contribution in [0, 0.1) is 0 Å². The Kier molecular flexibility index (Phi) is 5.22. The molecule has 0 amide bonds. The van der Waals surface area contributed by atoms with Gasteiger partial charge in [-0.05, 0) is 47.0 Å². The number of carbonyl (C=O) groups is 1. The molecule has 33 heavy (non-hydrogen) atoms. The Hall–Kier alpha value is -4.26. The molecule has 1 N–H and O–H groups in total. The van der Waals surface area contributed by atoms with Crippen molar-refractivity contribution < 1.29 is 24.1 Å². The number of nitrogens with zero attached hydrogens (tertiary/aromatic N) is 2. The molecular weight excluding hydrogens is 420 g/mol. The number of rotatable bonds is 5. The van der Waals surface area contributed by atoms with E-state index in [1.165, 1.54) is 0 Å². The number of imidazole rings is 1. The SMILES string of the molecule is COc1ccc(OC)c2c1ncn2C/C=C1/c2ccccc2COc2ccc(C(=O)O)cc21. The number of hydrogen-bond acceptors (Lipinski definition) is 5. The third-order valence-corrected chi connectivity index (χ3v) is 5.83. The van der Waals surface area contributed by atoms with Crippen molar-refractivity contribution in [2.45, 2.75) is 13.2 Å². The average Bonchev–Trinajstić information content (AvgIpc) is 3.20. The van der Waals surface area contributed by atoms with Crippen molar-refractivity contribution >= 4 is 22.6 Å². The molecule has 0 fully saturated rings. The van der Waals surface area contributed by atoms with Gasteiger partial charge in [0, 0.05) is 12.1 Å².